The van der Waals surface area contributed by atoms with Crippen molar-refractivity contribution in [1.29, 1.82) is 0 Å². The van der Waals surface area contributed by atoms with Gasteiger partial charge in [-0.3, -0.25) is 15.1 Å². The minimum absolute atomic E-state index is 0.0314. The quantitative estimate of drug-likeness (QED) is 0.773. The predicted octanol–water partition coefficient (Wildman–Crippen LogP) is 3.89. The fraction of sp³-hybridized carbons (Fsp3) is 0.0625. The molecule has 0 fully saturated rings. The van der Waals surface area contributed by atoms with Gasteiger partial charge in [-0.25, -0.2) is 4.98 Å². The van der Waals surface area contributed by atoms with E-state index in [4.69, 9.17) is 4.42 Å². The molecule has 0 unspecified atom stereocenters. The van der Waals surface area contributed by atoms with Crippen molar-refractivity contribution < 1.29 is 27.1 Å². The zero-order valence-electron chi connectivity index (χ0n) is 12.4. The lowest BCUT2D eigenvalue weighted by Gasteiger charge is -2.10. The molecule has 0 aliphatic carbocycles. The van der Waals surface area contributed by atoms with E-state index in [2.05, 4.69) is 20.0 Å². The summed E-state index contributed by atoms with van der Waals surface area (Å²) >= 11 is 0. The van der Waals surface area contributed by atoms with E-state index in [0.29, 0.717) is 11.3 Å². The van der Waals surface area contributed by atoms with Crippen LogP contribution in [0.2, 0.25) is 0 Å². The highest BCUT2D eigenvalue weighted by Crippen LogP contribution is 2.27. The van der Waals surface area contributed by atoms with Crippen LogP contribution >= 0.6 is 0 Å². The van der Waals surface area contributed by atoms with Gasteiger partial charge in [0.1, 0.15) is 12.0 Å². The topological polar surface area (TPSA) is 77.3 Å². The number of benzene rings is 1. The molecule has 0 bridgehead atoms. The molecule has 2 heterocycles. The summed E-state index contributed by atoms with van der Waals surface area (Å²) in [6.07, 6.45) is -0.736. The number of hydrogen-bond acceptors (Lipinski definition) is 5. The second-order valence-electron chi connectivity index (χ2n) is 4.80. The molecule has 3 aromatic rings. The van der Waals surface area contributed by atoms with Crippen LogP contribution in [0.15, 0.2) is 59.5 Å². The van der Waals surface area contributed by atoms with Gasteiger partial charge < -0.3 is 9.15 Å². The number of pyridine rings is 1. The van der Waals surface area contributed by atoms with Gasteiger partial charge in [-0.2, -0.15) is 0 Å². The Kier molecular flexibility index (Phi) is 4.38. The third kappa shape index (κ3) is 4.34. The fourth-order valence-corrected chi connectivity index (χ4v) is 2.04. The van der Waals surface area contributed by atoms with Gasteiger partial charge in [-0.05, 0) is 24.3 Å². The Morgan fingerprint density at radius 3 is 2.68 bits per heavy atom. The number of aromatic nitrogens is 2. The molecule has 0 atom stereocenters. The zero-order valence-corrected chi connectivity index (χ0v) is 12.4. The first-order chi connectivity index (χ1) is 11.9. The van der Waals surface area contributed by atoms with E-state index in [1.54, 1.807) is 6.07 Å². The van der Waals surface area contributed by atoms with Crippen LogP contribution in [0.3, 0.4) is 0 Å². The molecule has 2 aromatic heterocycles. The summed E-state index contributed by atoms with van der Waals surface area (Å²) in [6.45, 7) is 0. The lowest BCUT2D eigenvalue weighted by molar-refractivity contribution is -0.274. The molecule has 0 aliphatic heterocycles. The number of alkyl halides is 3. The monoisotopic (exact) mass is 349 g/mol. The van der Waals surface area contributed by atoms with Crippen molar-refractivity contribution in [1.82, 2.24) is 9.97 Å². The van der Waals surface area contributed by atoms with E-state index >= 15 is 0 Å². The molecule has 0 spiro atoms. The van der Waals surface area contributed by atoms with Crippen molar-refractivity contribution in [3.8, 4) is 17.0 Å². The van der Waals surface area contributed by atoms with Crippen LogP contribution in [0.1, 0.15) is 10.4 Å². The number of oxazole rings is 1. The van der Waals surface area contributed by atoms with Crippen molar-refractivity contribution in [3.63, 3.8) is 0 Å². The van der Waals surface area contributed by atoms with E-state index < -0.39 is 12.3 Å². The molecule has 128 valence electrons. The van der Waals surface area contributed by atoms with Crippen molar-refractivity contribution in [2.45, 2.75) is 6.36 Å². The van der Waals surface area contributed by atoms with Crippen LogP contribution in [0.5, 0.6) is 5.75 Å². The molecule has 0 radical (unpaired) electrons. The smallest absolute Gasteiger partial charge is 0.432 e. The maximum absolute atomic E-state index is 12.3. The minimum atomic E-state index is -4.79. The molecule has 9 heteroatoms. The highest BCUT2D eigenvalue weighted by Gasteiger charge is 2.31. The van der Waals surface area contributed by atoms with Crippen LogP contribution in [0.4, 0.5) is 19.2 Å². The van der Waals surface area contributed by atoms with E-state index in [-0.39, 0.29) is 17.3 Å². The SMILES string of the molecule is O=C(Nc1ncco1)c1ccnc(-c2cccc(OC(F)(F)F)c2)c1. The van der Waals surface area contributed by atoms with Gasteiger partial charge in [-0.1, -0.05) is 12.1 Å². The standard InChI is InChI=1S/C16H10F3N3O3/c17-16(18,19)25-12-3-1-2-10(8-12)13-9-11(4-5-20-13)14(23)22-15-21-6-7-24-15/h1-9H,(H,21,22,23). The average Bonchev–Trinajstić information content (AvgIpc) is 3.06. The van der Waals surface area contributed by atoms with Gasteiger partial charge in [0.05, 0.1) is 11.9 Å². The lowest BCUT2D eigenvalue weighted by atomic mass is 10.1. The second kappa shape index (κ2) is 6.63. The van der Waals surface area contributed by atoms with Crippen LogP contribution in [-0.2, 0) is 0 Å². The summed E-state index contributed by atoms with van der Waals surface area (Å²) in [4.78, 5) is 20.0. The van der Waals surface area contributed by atoms with Gasteiger partial charge in [0.15, 0.2) is 0 Å². The number of hydrogen-bond donors (Lipinski definition) is 1. The number of nitrogens with zero attached hydrogens (tertiary/aromatic N) is 2. The normalized spacial score (nSPS) is 11.2. The average molecular weight is 349 g/mol. The number of carbonyl (C=O) groups is 1. The van der Waals surface area contributed by atoms with Crippen molar-refractivity contribution in [3.05, 3.63) is 60.6 Å². The molecule has 6 nitrogen and oxygen atoms in total. The number of carbonyl (C=O) groups excluding carboxylic acids is 1. The molecule has 1 N–H and O–H groups in total. The predicted molar refractivity (Wildman–Crippen MR) is 80.8 cm³/mol. The van der Waals surface area contributed by atoms with Gasteiger partial charge >= 0.3 is 12.4 Å². The summed E-state index contributed by atoms with van der Waals surface area (Å²) in [5.74, 6) is -0.866. The number of halogens is 3. The van der Waals surface area contributed by atoms with Crippen molar-refractivity contribution >= 4 is 11.9 Å². The molecule has 3 rings (SSSR count). The Morgan fingerprint density at radius 1 is 1.12 bits per heavy atom. The first-order valence-electron chi connectivity index (χ1n) is 6.94. The summed E-state index contributed by atoms with van der Waals surface area (Å²) in [6, 6.07) is 8.24. The summed E-state index contributed by atoms with van der Waals surface area (Å²) in [5.41, 5.74) is 0.922. The third-order valence-electron chi connectivity index (χ3n) is 3.04. The number of nitrogens with one attached hydrogen (secondary N) is 1. The van der Waals surface area contributed by atoms with Gasteiger partial charge in [-0.15, -0.1) is 13.2 Å². The third-order valence-corrected chi connectivity index (χ3v) is 3.04. The summed E-state index contributed by atoms with van der Waals surface area (Å²) in [5, 5.41) is 2.44. The Balaban J connectivity index is 1.84. The van der Waals surface area contributed by atoms with E-state index in [0.717, 1.165) is 0 Å². The Morgan fingerprint density at radius 2 is 1.96 bits per heavy atom. The summed E-state index contributed by atoms with van der Waals surface area (Å²) in [7, 11) is 0. The highest BCUT2D eigenvalue weighted by atomic mass is 19.4. The first kappa shape index (κ1) is 16.5. The maximum Gasteiger partial charge on any atom is 0.573 e. The molecule has 1 aromatic carbocycles. The Bertz CT molecular complexity index is 880. The molecule has 0 saturated carbocycles. The van der Waals surface area contributed by atoms with Crippen LogP contribution < -0.4 is 10.1 Å². The van der Waals surface area contributed by atoms with E-state index in [1.807, 2.05) is 0 Å². The minimum Gasteiger partial charge on any atom is -0.432 e. The first-order valence-corrected chi connectivity index (χ1v) is 6.94. The van der Waals surface area contributed by atoms with Crippen molar-refractivity contribution in [2.75, 3.05) is 5.32 Å². The second-order valence-corrected chi connectivity index (χ2v) is 4.80. The van der Waals surface area contributed by atoms with E-state index in [9.17, 15) is 18.0 Å². The van der Waals surface area contributed by atoms with Crippen LogP contribution in [0, 0.1) is 0 Å². The Labute approximate surface area is 139 Å². The number of anilines is 1. The molecule has 0 aliphatic rings. The molecule has 25 heavy (non-hydrogen) atoms. The lowest BCUT2D eigenvalue weighted by Crippen LogP contribution is -2.17. The number of amides is 1. The molecule has 1 amide bonds. The molecular formula is C16H10F3N3O3. The number of ether oxygens (including phenoxy) is 1. The zero-order chi connectivity index (χ0) is 17.9. The van der Waals surface area contributed by atoms with Gasteiger partial charge in [0.25, 0.3) is 5.91 Å². The number of rotatable bonds is 4. The molecular weight excluding hydrogens is 339 g/mol. The van der Waals surface area contributed by atoms with Crippen LogP contribution in [0.25, 0.3) is 11.3 Å². The maximum atomic E-state index is 12.3. The van der Waals surface area contributed by atoms with Crippen LogP contribution in [-0.4, -0.2) is 22.2 Å². The largest absolute Gasteiger partial charge is 0.573 e. The van der Waals surface area contributed by atoms with E-state index in [1.165, 1.54) is 49.0 Å². The highest BCUT2D eigenvalue weighted by molar-refractivity contribution is 6.03. The Hall–Kier alpha value is -3.36. The summed E-state index contributed by atoms with van der Waals surface area (Å²) < 4.78 is 45.8. The van der Waals surface area contributed by atoms with Gasteiger partial charge in [0, 0.05) is 17.3 Å². The molecule has 0 saturated heterocycles. The van der Waals surface area contributed by atoms with Gasteiger partial charge in [0.2, 0.25) is 0 Å². The fourth-order valence-electron chi connectivity index (χ4n) is 2.04. The van der Waals surface area contributed by atoms with Crippen molar-refractivity contribution in [2.24, 2.45) is 0 Å².